The predicted molar refractivity (Wildman–Crippen MR) is 90.5 cm³/mol. The number of rotatable bonds is 5. The monoisotopic (exact) mass is 328 g/mol. The molecule has 5 heteroatoms. The molecule has 0 bridgehead atoms. The second kappa shape index (κ2) is 6.71. The number of hydrogen-bond donors (Lipinski definition) is 0. The molecule has 118 valence electrons. The third kappa shape index (κ3) is 3.00. The first kappa shape index (κ1) is 15.4. The first-order valence-electron chi connectivity index (χ1n) is 7.08. The highest BCUT2D eigenvalue weighted by molar-refractivity contribution is 7.17. The molecule has 0 saturated heterocycles. The Bertz CT molecular complexity index is 816. The number of benzene rings is 2. The summed E-state index contributed by atoms with van der Waals surface area (Å²) in [5.74, 6) is 0.406. The maximum Gasteiger partial charge on any atom is 0.346 e. The van der Waals surface area contributed by atoms with Gasteiger partial charge in [-0.3, -0.25) is 0 Å². The van der Waals surface area contributed by atoms with E-state index in [1.807, 2.05) is 23.6 Å². The van der Waals surface area contributed by atoms with Crippen molar-refractivity contribution in [1.82, 2.24) is 0 Å². The molecule has 0 saturated carbocycles. The average Bonchev–Trinajstić information content (AvgIpc) is 3.02. The van der Waals surface area contributed by atoms with Gasteiger partial charge in [-0.2, -0.15) is 0 Å². The van der Waals surface area contributed by atoms with Gasteiger partial charge in [0.1, 0.15) is 23.7 Å². The molecule has 0 aliphatic rings. The first-order chi connectivity index (χ1) is 11.2. The van der Waals surface area contributed by atoms with E-state index < -0.39 is 5.97 Å². The van der Waals surface area contributed by atoms with Crippen molar-refractivity contribution in [2.45, 2.75) is 6.61 Å². The van der Waals surface area contributed by atoms with E-state index in [1.54, 1.807) is 29.5 Å². The summed E-state index contributed by atoms with van der Waals surface area (Å²) in [6.07, 6.45) is 0. The van der Waals surface area contributed by atoms with Crippen LogP contribution in [0.5, 0.6) is 11.5 Å². The van der Waals surface area contributed by atoms with Gasteiger partial charge in [-0.25, -0.2) is 4.79 Å². The summed E-state index contributed by atoms with van der Waals surface area (Å²) >= 11 is 1.64. The highest BCUT2D eigenvalue weighted by atomic mass is 32.1. The fourth-order valence-electron chi connectivity index (χ4n) is 2.41. The van der Waals surface area contributed by atoms with Crippen LogP contribution < -0.4 is 9.47 Å². The fraction of sp³-hybridized carbons (Fsp3) is 0.167. The summed E-state index contributed by atoms with van der Waals surface area (Å²) in [5.41, 5.74) is 1.30. The number of ether oxygens (including phenoxy) is 3. The molecule has 0 fully saturated rings. The Morgan fingerprint density at radius 1 is 1.00 bits per heavy atom. The lowest BCUT2D eigenvalue weighted by atomic mass is 10.1. The topological polar surface area (TPSA) is 44.8 Å². The molecule has 1 heterocycles. The molecule has 2 aromatic carbocycles. The van der Waals surface area contributed by atoms with Crippen LogP contribution in [0.2, 0.25) is 0 Å². The minimum Gasteiger partial charge on any atom is -0.496 e. The lowest BCUT2D eigenvalue weighted by Crippen LogP contribution is -2.09. The maximum absolute atomic E-state index is 12.5. The standard InChI is InChI=1S/C18H16O4S/c1-20-14-7-5-8-15(21-2)17(14)18(19)22-10-12-11-23-16-9-4-3-6-13(12)16/h3-9,11H,10H2,1-2H3. The molecule has 4 nitrogen and oxygen atoms in total. The second-order valence-corrected chi connectivity index (χ2v) is 5.78. The first-order valence-corrected chi connectivity index (χ1v) is 7.95. The zero-order chi connectivity index (χ0) is 16.2. The number of fused-ring (bicyclic) bond motifs is 1. The molecule has 0 amide bonds. The SMILES string of the molecule is COc1cccc(OC)c1C(=O)OCc1csc2ccccc12. The molecule has 0 aliphatic carbocycles. The van der Waals surface area contributed by atoms with Crippen molar-refractivity contribution in [2.24, 2.45) is 0 Å². The summed E-state index contributed by atoms with van der Waals surface area (Å²) in [6.45, 7) is 0.212. The van der Waals surface area contributed by atoms with Gasteiger partial charge in [0.2, 0.25) is 0 Å². The van der Waals surface area contributed by atoms with E-state index in [1.165, 1.54) is 18.9 Å². The van der Waals surface area contributed by atoms with Gasteiger partial charge in [-0.15, -0.1) is 11.3 Å². The molecule has 0 atom stereocenters. The van der Waals surface area contributed by atoms with Crippen molar-refractivity contribution in [3.8, 4) is 11.5 Å². The fourth-order valence-corrected chi connectivity index (χ4v) is 3.36. The van der Waals surface area contributed by atoms with Gasteiger partial charge in [0.05, 0.1) is 14.2 Å². The van der Waals surface area contributed by atoms with Gasteiger partial charge in [0.15, 0.2) is 0 Å². The summed E-state index contributed by atoms with van der Waals surface area (Å²) in [7, 11) is 3.02. The third-order valence-corrected chi connectivity index (χ3v) is 4.56. The molecule has 23 heavy (non-hydrogen) atoms. The smallest absolute Gasteiger partial charge is 0.346 e. The van der Waals surface area contributed by atoms with E-state index >= 15 is 0 Å². The number of esters is 1. The van der Waals surface area contributed by atoms with Crippen molar-refractivity contribution < 1.29 is 19.0 Å². The van der Waals surface area contributed by atoms with Crippen LogP contribution in [-0.2, 0) is 11.3 Å². The Balaban J connectivity index is 1.83. The molecule has 3 aromatic rings. The summed E-state index contributed by atoms with van der Waals surface area (Å²) in [4.78, 5) is 12.5. The Morgan fingerprint density at radius 3 is 2.39 bits per heavy atom. The highest BCUT2D eigenvalue weighted by Crippen LogP contribution is 2.30. The van der Waals surface area contributed by atoms with Crippen LogP contribution in [0.4, 0.5) is 0 Å². The van der Waals surface area contributed by atoms with Gasteiger partial charge < -0.3 is 14.2 Å². The van der Waals surface area contributed by atoms with Crippen molar-refractivity contribution in [3.63, 3.8) is 0 Å². The Kier molecular flexibility index (Phi) is 4.48. The quantitative estimate of drug-likeness (QED) is 0.656. The van der Waals surface area contributed by atoms with Crippen LogP contribution in [0.25, 0.3) is 10.1 Å². The van der Waals surface area contributed by atoms with Crippen LogP contribution in [-0.4, -0.2) is 20.2 Å². The number of carbonyl (C=O) groups excluding carboxylic acids is 1. The highest BCUT2D eigenvalue weighted by Gasteiger charge is 2.20. The van der Waals surface area contributed by atoms with Crippen molar-refractivity contribution in [1.29, 1.82) is 0 Å². The van der Waals surface area contributed by atoms with E-state index in [-0.39, 0.29) is 6.61 Å². The molecule has 1 aromatic heterocycles. The van der Waals surface area contributed by atoms with Crippen LogP contribution in [0.3, 0.4) is 0 Å². The van der Waals surface area contributed by atoms with E-state index in [2.05, 4.69) is 6.07 Å². The Morgan fingerprint density at radius 2 is 1.70 bits per heavy atom. The molecule has 3 rings (SSSR count). The molecule has 0 aliphatic heterocycles. The molecule has 0 unspecified atom stereocenters. The van der Waals surface area contributed by atoms with Gasteiger partial charge in [0.25, 0.3) is 0 Å². The van der Waals surface area contributed by atoms with E-state index in [0.717, 1.165) is 10.9 Å². The largest absolute Gasteiger partial charge is 0.496 e. The van der Waals surface area contributed by atoms with E-state index in [4.69, 9.17) is 14.2 Å². The van der Waals surface area contributed by atoms with Crippen LogP contribution in [0, 0.1) is 0 Å². The maximum atomic E-state index is 12.5. The number of methoxy groups -OCH3 is 2. The van der Waals surface area contributed by atoms with Crippen molar-refractivity contribution in [3.05, 3.63) is 59.0 Å². The zero-order valence-corrected chi connectivity index (χ0v) is 13.7. The summed E-state index contributed by atoms with van der Waals surface area (Å²) < 4.78 is 17.1. The minimum absolute atomic E-state index is 0.212. The summed E-state index contributed by atoms with van der Waals surface area (Å²) in [6, 6.07) is 13.2. The lowest BCUT2D eigenvalue weighted by Gasteiger charge is -2.12. The minimum atomic E-state index is -0.463. The predicted octanol–water partition coefficient (Wildman–Crippen LogP) is 4.28. The van der Waals surface area contributed by atoms with Gasteiger partial charge in [0, 0.05) is 10.3 Å². The number of thiophene rings is 1. The van der Waals surface area contributed by atoms with Crippen LogP contribution >= 0.6 is 11.3 Å². The number of carbonyl (C=O) groups is 1. The zero-order valence-electron chi connectivity index (χ0n) is 12.9. The molecular formula is C18H16O4S. The Labute approximate surface area is 138 Å². The average molecular weight is 328 g/mol. The normalized spacial score (nSPS) is 10.5. The van der Waals surface area contributed by atoms with Gasteiger partial charge >= 0.3 is 5.97 Å². The van der Waals surface area contributed by atoms with Gasteiger partial charge in [-0.05, 0) is 29.0 Å². The molecule has 0 N–H and O–H groups in total. The Hall–Kier alpha value is -2.53. The lowest BCUT2D eigenvalue weighted by molar-refractivity contribution is 0.0467. The molecular weight excluding hydrogens is 312 g/mol. The van der Waals surface area contributed by atoms with E-state index in [0.29, 0.717) is 17.1 Å². The molecule has 0 spiro atoms. The van der Waals surface area contributed by atoms with Crippen molar-refractivity contribution in [2.75, 3.05) is 14.2 Å². The van der Waals surface area contributed by atoms with Crippen molar-refractivity contribution >= 4 is 27.4 Å². The number of hydrogen-bond acceptors (Lipinski definition) is 5. The second-order valence-electron chi connectivity index (χ2n) is 4.87. The third-order valence-electron chi connectivity index (χ3n) is 3.55. The van der Waals surface area contributed by atoms with Gasteiger partial charge in [-0.1, -0.05) is 24.3 Å². The van der Waals surface area contributed by atoms with E-state index in [9.17, 15) is 4.79 Å². The summed E-state index contributed by atoms with van der Waals surface area (Å²) in [5, 5.41) is 3.12. The van der Waals surface area contributed by atoms with Crippen LogP contribution in [0.1, 0.15) is 15.9 Å². The van der Waals surface area contributed by atoms with Crippen LogP contribution in [0.15, 0.2) is 47.8 Å². The molecule has 0 radical (unpaired) electrons.